The Hall–Kier alpha value is -2.90. The largest absolute Gasteiger partial charge is 0.352 e. The molecule has 0 aliphatic heterocycles. The Balaban J connectivity index is 1.81. The van der Waals surface area contributed by atoms with Gasteiger partial charge in [-0.15, -0.1) is 0 Å². The van der Waals surface area contributed by atoms with E-state index in [2.05, 4.69) is 10.4 Å². The van der Waals surface area contributed by atoms with E-state index in [-0.39, 0.29) is 12.2 Å². The summed E-state index contributed by atoms with van der Waals surface area (Å²) in [6.07, 6.45) is 2.11. The third kappa shape index (κ3) is 4.47. The van der Waals surface area contributed by atoms with Crippen LogP contribution >= 0.6 is 23.2 Å². The molecule has 1 heterocycles. The fraction of sp³-hybridized carbons (Fsp3) is 0.238. The predicted molar refractivity (Wildman–Crippen MR) is 115 cm³/mol. The molecule has 1 saturated carbocycles. The van der Waals surface area contributed by atoms with Gasteiger partial charge in [-0.05, 0) is 60.7 Å². The zero-order chi connectivity index (χ0) is 21.3. The molecule has 0 atom stereocenters. The zero-order valence-electron chi connectivity index (χ0n) is 15.8. The Morgan fingerprint density at radius 1 is 1.07 bits per heavy atom. The maximum absolute atomic E-state index is 13.1. The SMILES string of the molecule is O=C(NCC1CC1)c1nn(-c2ccc(Cl)cc2)c(=O)n(Cc2cccc(Cl)c2)c1=O. The first kappa shape index (κ1) is 20.4. The molecule has 1 amide bonds. The maximum Gasteiger partial charge on any atom is 0.352 e. The molecule has 1 N–H and O–H groups in total. The zero-order valence-corrected chi connectivity index (χ0v) is 17.4. The van der Waals surface area contributed by atoms with Crippen LogP contribution in [0.4, 0.5) is 0 Å². The summed E-state index contributed by atoms with van der Waals surface area (Å²) in [7, 11) is 0. The topological polar surface area (TPSA) is 86.0 Å². The highest BCUT2D eigenvalue weighted by Crippen LogP contribution is 2.27. The first-order valence-corrected chi connectivity index (χ1v) is 10.2. The number of carbonyl (C=O) groups is 1. The van der Waals surface area contributed by atoms with Crippen LogP contribution in [-0.4, -0.2) is 26.8 Å². The van der Waals surface area contributed by atoms with Gasteiger partial charge in [0.1, 0.15) is 0 Å². The number of nitrogens with zero attached hydrogens (tertiary/aromatic N) is 3. The van der Waals surface area contributed by atoms with Gasteiger partial charge in [0.05, 0.1) is 12.2 Å². The maximum atomic E-state index is 13.1. The quantitative estimate of drug-likeness (QED) is 0.633. The predicted octanol–water partition coefficient (Wildman–Crippen LogP) is 2.89. The van der Waals surface area contributed by atoms with Crippen LogP contribution in [0.25, 0.3) is 5.69 Å². The van der Waals surface area contributed by atoms with Crippen LogP contribution in [0.2, 0.25) is 10.0 Å². The summed E-state index contributed by atoms with van der Waals surface area (Å²) in [6, 6.07) is 13.2. The fourth-order valence-electron chi connectivity index (χ4n) is 3.01. The van der Waals surface area contributed by atoms with Crippen molar-refractivity contribution in [2.24, 2.45) is 5.92 Å². The number of carbonyl (C=O) groups excluding carboxylic acids is 1. The molecule has 1 fully saturated rings. The van der Waals surface area contributed by atoms with Crippen LogP contribution < -0.4 is 16.6 Å². The Kier molecular flexibility index (Phi) is 5.74. The molecule has 0 unspecified atom stereocenters. The van der Waals surface area contributed by atoms with Crippen molar-refractivity contribution in [2.45, 2.75) is 19.4 Å². The van der Waals surface area contributed by atoms with E-state index >= 15 is 0 Å². The normalized spacial score (nSPS) is 13.3. The first-order chi connectivity index (χ1) is 14.4. The van der Waals surface area contributed by atoms with E-state index in [1.54, 1.807) is 48.5 Å². The first-order valence-electron chi connectivity index (χ1n) is 9.45. The van der Waals surface area contributed by atoms with Crippen molar-refractivity contribution < 1.29 is 4.79 Å². The number of aromatic nitrogens is 3. The third-order valence-corrected chi connectivity index (χ3v) is 5.31. The van der Waals surface area contributed by atoms with Gasteiger partial charge in [0.25, 0.3) is 11.5 Å². The molecule has 0 saturated heterocycles. The number of nitrogens with one attached hydrogen (secondary N) is 1. The van der Waals surface area contributed by atoms with Crippen LogP contribution in [0, 0.1) is 5.92 Å². The standard InChI is InChI=1S/C21H18Cl2N4O3/c22-15-6-8-17(9-7-15)27-21(30)26(12-14-2-1-3-16(23)10-14)20(29)18(25-27)19(28)24-11-13-4-5-13/h1-3,6-10,13H,4-5,11-12H2,(H,24,28). The Morgan fingerprint density at radius 2 is 1.80 bits per heavy atom. The van der Waals surface area contributed by atoms with Crippen LogP contribution in [-0.2, 0) is 6.54 Å². The Bertz CT molecular complexity index is 1210. The van der Waals surface area contributed by atoms with Crippen LogP contribution in [0.3, 0.4) is 0 Å². The number of halogens is 2. The number of benzene rings is 2. The van der Waals surface area contributed by atoms with Gasteiger partial charge in [-0.1, -0.05) is 35.3 Å². The van der Waals surface area contributed by atoms with Crippen LogP contribution in [0.15, 0.2) is 58.1 Å². The van der Waals surface area contributed by atoms with E-state index < -0.39 is 17.2 Å². The molecular weight excluding hydrogens is 427 g/mol. The third-order valence-electron chi connectivity index (χ3n) is 4.82. The summed E-state index contributed by atoms with van der Waals surface area (Å²) < 4.78 is 2.02. The minimum Gasteiger partial charge on any atom is -0.350 e. The van der Waals surface area contributed by atoms with E-state index in [9.17, 15) is 14.4 Å². The highest BCUT2D eigenvalue weighted by molar-refractivity contribution is 6.30. The summed E-state index contributed by atoms with van der Waals surface area (Å²) in [5, 5.41) is 7.79. The van der Waals surface area contributed by atoms with Crippen molar-refractivity contribution in [3.63, 3.8) is 0 Å². The molecule has 9 heteroatoms. The molecule has 1 aromatic heterocycles. The second kappa shape index (κ2) is 8.45. The Morgan fingerprint density at radius 3 is 2.47 bits per heavy atom. The minimum absolute atomic E-state index is 0.0444. The van der Waals surface area contributed by atoms with E-state index in [4.69, 9.17) is 23.2 Å². The smallest absolute Gasteiger partial charge is 0.350 e. The number of hydrogen-bond acceptors (Lipinski definition) is 4. The van der Waals surface area contributed by atoms with Gasteiger partial charge < -0.3 is 5.32 Å². The molecular formula is C21H18Cl2N4O3. The van der Waals surface area contributed by atoms with Crippen LogP contribution in [0.1, 0.15) is 28.9 Å². The highest BCUT2D eigenvalue weighted by atomic mass is 35.5. The molecule has 1 aliphatic carbocycles. The monoisotopic (exact) mass is 444 g/mol. The van der Waals surface area contributed by atoms with Gasteiger partial charge >= 0.3 is 5.69 Å². The lowest BCUT2D eigenvalue weighted by atomic mass is 10.2. The summed E-state index contributed by atoms with van der Waals surface area (Å²) in [4.78, 5) is 38.7. The van der Waals surface area contributed by atoms with Crippen molar-refractivity contribution in [3.05, 3.63) is 90.7 Å². The average Bonchev–Trinajstić information content (AvgIpc) is 3.55. The van der Waals surface area contributed by atoms with Gasteiger partial charge in [0, 0.05) is 16.6 Å². The molecule has 0 bridgehead atoms. The molecule has 2 aromatic carbocycles. The molecule has 154 valence electrons. The summed E-state index contributed by atoms with van der Waals surface area (Å²) in [5.41, 5.74) is -0.716. The van der Waals surface area contributed by atoms with Gasteiger partial charge in [-0.3, -0.25) is 14.2 Å². The van der Waals surface area contributed by atoms with E-state index in [1.807, 2.05) is 0 Å². The van der Waals surface area contributed by atoms with E-state index in [0.29, 0.717) is 33.8 Å². The molecule has 0 spiro atoms. The molecule has 30 heavy (non-hydrogen) atoms. The number of rotatable bonds is 6. The number of hydrogen-bond donors (Lipinski definition) is 1. The summed E-state index contributed by atoms with van der Waals surface area (Å²) in [5.74, 6) is -0.167. The molecule has 4 rings (SSSR count). The van der Waals surface area contributed by atoms with Gasteiger partial charge in [0.15, 0.2) is 0 Å². The lowest BCUT2D eigenvalue weighted by Crippen LogP contribution is -2.46. The second-order valence-electron chi connectivity index (χ2n) is 7.19. The Labute approximate surface area is 181 Å². The van der Waals surface area contributed by atoms with Crippen molar-refractivity contribution in [1.82, 2.24) is 19.7 Å². The summed E-state index contributed by atoms with van der Waals surface area (Å²) in [6.45, 7) is 0.436. The van der Waals surface area contributed by atoms with Crippen molar-refractivity contribution >= 4 is 29.1 Å². The molecule has 7 nitrogen and oxygen atoms in total. The number of amides is 1. The fourth-order valence-corrected chi connectivity index (χ4v) is 3.35. The second-order valence-corrected chi connectivity index (χ2v) is 8.07. The average molecular weight is 445 g/mol. The lowest BCUT2D eigenvalue weighted by Gasteiger charge is -2.12. The van der Waals surface area contributed by atoms with Crippen molar-refractivity contribution in [1.29, 1.82) is 0 Å². The highest BCUT2D eigenvalue weighted by Gasteiger charge is 2.25. The van der Waals surface area contributed by atoms with Gasteiger partial charge in [0.2, 0.25) is 5.69 Å². The van der Waals surface area contributed by atoms with Crippen LogP contribution in [0.5, 0.6) is 0 Å². The van der Waals surface area contributed by atoms with Gasteiger partial charge in [-0.2, -0.15) is 9.78 Å². The van der Waals surface area contributed by atoms with E-state index in [0.717, 1.165) is 22.1 Å². The minimum atomic E-state index is -0.751. The van der Waals surface area contributed by atoms with Crippen molar-refractivity contribution in [2.75, 3.05) is 6.54 Å². The lowest BCUT2D eigenvalue weighted by molar-refractivity contribution is 0.0942. The van der Waals surface area contributed by atoms with Crippen molar-refractivity contribution in [3.8, 4) is 5.69 Å². The van der Waals surface area contributed by atoms with E-state index in [1.165, 1.54) is 0 Å². The van der Waals surface area contributed by atoms with Gasteiger partial charge in [-0.25, -0.2) is 4.79 Å². The molecule has 3 aromatic rings. The molecule has 0 radical (unpaired) electrons. The summed E-state index contributed by atoms with van der Waals surface area (Å²) >= 11 is 12.0. The molecule has 1 aliphatic rings.